The molecule has 0 amide bonds. The van der Waals surface area contributed by atoms with Gasteiger partial charge in [-0.05, 0) is 73.3 Å². The zero-order valence-electron chi connectivity index (χ0n) is 24.3. The van der Waals surface area contributed by atoms with Gasteiger partial charge in [0.25, 0.3) is 20.2 Å². The predicted molar refractivity (Wildman–Crippen MR) is 171 cm³/mol. The lowest BCUT2D eigenvalue weighted by atomic mass is 9.96. The lowest BCUT2D eigenvalue weighted by Gasteiger charge is -2.29. The summed E-state index contributed by atoms with van der Waals surface area (Å²) in [6.45, 7) is 7.10. The summed E-state index contributed by atoms with van der Waals surface area (Å²) in [6.07, 6.45) is 5.93. The minimum Gasteiger partial charge on any atom is -0.368 e. The molecule has 2 aliphatic rings. The molecular weight excluding hydrogens is 601 g/mol. The van der Waals surface area contributed by atoms with Gasteiger partial charge in [0, 0.05) is 55.1 Å². The number of H-pyrrole nitrogens is 1. The number of aromatic nitrogens is 2. The number of hydrogen-bond donors (Lipinski definition) is 4. The summed E-state index contributed by atoms with van der Waals surface area (Å²) in [4.78, 5) is 10.0. The van der Waals surface area contributed by atoms with Crippen LogP contribution in [0.1, 0.15) is 11.1 Å². The molecule has 230 valence electrons. The number of fused-ring (bicyclic) bond motifs is 2. The Morgan fingerprint density at radius 3 is 1.86 bits per heavy atom. The number of rotatable bonds is 4. The zero-order valence-corrected chi connectivity index (χ0v) is 25.9. The molecule has 2 atom stereocenters. The third-order valence-electron chi connectivity index (χ3n) is 7.70. The van der Waals surface area contributed by atoms with Crippen molar-refractivity contribution in [2.45, 2.75) is 29.7 Å². The monoisotopic (exact) mass is 634 g/mol. The SMILES string of the molecule is Cc1ccc(S(=O)(=O)O)cc1.Cc1ccc(S(=O)(=O)O)cc1.c1cc2cc(-c3cncc(N4C[C@@H]5CN[C@@H]5C4)c3)ccc2[nH]1. The van der Waals surface area contributed by atoms with E-state index in [4.69, 9.17) is 9.11 Å². The van der Waals surface area contributed by atoms with Gasteiger partial charge < -0.3 is 15.2 Å². The molecule has 44 heavy (non-hydrogen) atoms. The average Bonchev–Trinajstić information content (AvgIpc) is 3.56. The van der Waals surface area contributed by atoms with E-state index in [0.717, 1.165) is 30.1 Å². The molecule has 2 aliphatic heterocycles. The molecule has 0 unspecified atom stereocenters. The summed E-state index contributed by atoms with van der Waals surface area (Å²) in [7, 11) is -8.04. The number of anilines is 1. The van der Waals surface area contributed by atoms with Crippen LogP contribution in [0.5, 0.6) is 0 Å². The molecule has 2 fully saturated rings. The Kier molecular flexibility index (Phi) is 9.18. The number of pyridine rings is 1. The number of nitrogens with one attached hydrogen (secondary N) is 2. The lowest BCUT2D eigenvalue weighted by molar-refractivity contribution is 0.297. The van der Waals surface area contributed by atoms with Crippen molar-refractivity contribution >= 4 is 36.8 Å². The van der Waals surface area contributed by atoms with Crippen LogP contribution in [0.2, 0.25) is 0 Å². The summed E-state index contributed by atoms with van der Waals surface area (Å²) in [6, 6.07) is 23.6. The van der Waals surface area contributed by atoms with E-state index in [9.17, 15) is 16.8 Å². The molecule has 2 aromatic heterocycles. The molecule has 7 rings (SSSR count). The highest BCUT2D eigenvalue weighted by Gasteiger charge is 2.39. The number of nitrogens with zero attached hydrogens (tertiary/aromatic N) is 2. The van der Waals surface area contributed by atoms with Crippen LogP contribution in [-0.2, 0) is 20.2 Å². The van der Waals surface area contributed by atoms with Crippen LogP contribution in [0.15, 0.2) is 107 Å². The van der Waals surface area contributed by atoms with E-state index < -0.39 is 20.2 Å². The van der Waals surface area contributed by atoms with E-state index in [0.29, 0.717) is 6.04 Å². The summed E-state index contributed by atoms with van der Waals surface area (Å²) in [5, 5.41) is 4.75. The fourth-order valence-corrected chi connectivity index (χ4v) is 6.03. The van der Waals surface area contributed by atoms with Crippen molar-refractivity contribution in [3.8, 4) is 11.1 Å². The van der Waals surface area contributed by atoms with Crippen LogP contribution < -0.4 is 10.2 Å². The molecule has 10 nitrogen and oxygen atoms in total. The Morgan fingerprint density at radius 1 is 0.750 bits per heavy atom. The van der Waals surface area contributed by atoms with Gasteiger partial charge in [0.15, 0.2) is 0 Å². The number of benzene rings is 3. The molecule has 12 heteroatoms. The van der Waals surface area contributed by atoms with E-state index in [-0.39, 0.29) is 9.79 Å². The van der Waals surface area contributed by atoms with E-state index in [1.54, 1.807) is 24.3 Å². The van der Waals surface area contributed by atoms with E-state index in [1.165, 1.54) is 58.5 Å². The highest BCUT2D eigenvalue weighted by Crippen LogP contribution is 2.31. The van der Waals surface area contributed by atoms with Crippen molar-refractivity contribution < 1.29 is 25.9 Å². The maximum atomic E-state index is 10.5. The van der Waals surface area contributed by atoms with Gasteiger partial charge in [-0.25, -0.2) is 0 Å². The second-order valence-electron chi connectivity index (χ2n) is 11.0. The third kappa shape index (κ3) is 7.71. The first kappa shape index (κ1) is 31.4. The molecule has 0 spiro atoms. The predicted octanol–water partition coefficient (Wildman–Crippen LogP) is 5.12. The Balaban J connectivity index is 0.000000148. The van der Waals surface area contributed by atoms with Crippen LogP contribution in [0.3, 0.4) is 0 Å². The Bertz CT molecular complexity index is 1870. The average molecular weight is 635 g/mol. The van der Waals surface area contributed by atoms with Crippen molar-refractivity contribution in [2.75, 3.05) is 24.5 Å². The maximum Gasteiger partial charge on any atom is 0.294 e. The van der Waals surface area contributed by atoms with Crippen molar-refractivity contribution in [2.24, 2.45) is 5.92 Å². The van der Waals surface area contributed by atoms with Crippen LogP contribution in [0.25, 0.3) is 22.0 Å². The molecule has 0 radical (unpaired) electrons. The summed E-state index contributed by atoms with van der Waals surface area (Å²) in [5.74, 6) is 0.819. The van der Waals surface area contributed by atoms with Crippen LogP contribution in [-0.4, -0.2) is 61.6 Å². The minimum absolute atomic E-state index is 0.0666. The topological polar surface area (TPSA) is 153 Å². The second kappa shape index (κ2) is 12.9. The molecule has 0 aliphatic carbocycles. The van der Waals surface area contributed by atoms with Gasteiger partial charge in [0.2, 0.25) is 0 Å². The van der Waals surface area contributed by atoms with Gasteiger partial charge in [-0.2, -0.15) is 16.8 Å². The Hall–Kier alpha value is -4.07. The first-order valence-corrected chi connectivity index (χ1v) is 16.8. The van der Waals surface area contributed by atoms with Crippen molar-refractivity contribution in [3.05, 3.63) is 109 Å². The minimum atomic E-state index is -4.02. The molecule has 4 N–H and O–H groups in total. The van der Waals surface area contributed by atoms with E-state index in [1.807, 2.05) is 32.4 Å². The second-order valence-corrected chi connectivity index (χ2v) is 13.8. The Labute approximate surface area is 257 Å². The van der Waals surface area contributed by atoms with Crippen molar-refractivity contribution in [1.29, 1.82) is 0 Å². The van der Waals surface area contributed by atoms with Gasteiger partial charge >= 0.3 is 0 Å². The molecule has 0 saturated carbocycles. The molecule has 4 heterocycles. The number of aryl methyl sites for hydroxylation is 2. The van der Waals surface area contributed by atoms with Crippen LogP contribution in [0, 0.1) is 19.8 Å². The van der Waals surface area contributed by atoms with Gasteiger partial charge in [-0.15, -0.1) is 0 Å². The highest BCUT2D eigenvalue weighted by atomic mass is 32.2. The van der Waals surface area contributed by atoms with Gasteiger partial charge in [-0.1, -0.05) is 41.5 Å². The van der Waals surface area contributed by atoms with Gasteiger partial charge in [-0.3, -0.25) is 14.1 Å². The van der Waals surface area contributed by atoms with Crippen LogP contribution >= 0.6 is 0 Å². The van der Waals surface area contributed by atoms with Crippen molar-refractivity contribution in [1.82, 2.24) is 15.3 Å². The fraction of sp³-hybridized carbons (Fsp3) is 0.219. The fourth-order valence-electron chi connectivity index (χ4n) is 5.07. The Morgan fingerprint density at radius 2 is 1.36 bits per heavy atom. The molecule has 2 saturated heterocycles. The first-order valence-electron chi connectivity index (χ1n) is 14.0. The molecule has 3 aromatic carbocycles. The lowest BCUT2D eigenvalue weighted by Crippen LogP contribution is -2.51. The standard InChI is InChI=1S/C18H18N4.2C7H8O3S/c1-2-17-13(3-4-20-17)5-12(1)14-6-16(9-19-7-14)22-10-15-8-21-18(15)11-22;2*1-6-2-4-7(5-3-6)11(8,9)10/h1-7,9,15,18,20-21H,8,10-11H2;2*2-5H,1H3,(H,8,9,10)/t15-,18+;;/m0../s1. The van der Waals surface area contributed by atoms with Gasteiger partial charge in [0.1, 0.15) is 0 Å². The number of hydrogen-bond acceptors (Lipinski definition) is 7. The summed E-state index contributed by atoms with van der Waals surface area (Å²) in [5.41, 5.74) is 6.74. The number of aromatic amines is 1. The smallest absolute Gasteiger partial charge is 0.294 e. The van der Waals surface area contributed by atoms with E-state index >= 15 is 0 Å². The molecule has 0 bridgehead atoms. The summed E-state index contributed by atoms with van der Waals surface area (Å²) >= 11 is 0. The van der Waals surface area contributed by atoms with E-state index in [2.05, 4.69) is 50.5 Å². The maximum absolute atomic E-state index is 10.5. The van der Waals surface area contributed by atoms with Crippen molar-refractivity contribution in [3.63, 3.8) is 0 Å². The van der Waals surface area contributed by atoms with Crippen LogP contribution in [0.4, 0.5) is 5.69 Å². The molecule has 5 aromatic rings. The highest BCUT2D eigenvalue weighted by molar-refractivity contribution is 7.86. The largest absolute Gasteiger partial charge is 0.368 e. The normalized spacial score (nSPS) is 17.5. The van der Waals surface area contributed by atoms with Gasteiger partial charge in [0.05, 0.1) is 21.7 Å². The first-order chi connectivity index (χ1) is 20.9. The quantitative estimate of drug-likeness (QED) is 0.197. The zero-order chi connectivity index (χ0) is 31.5. The third-order valence-corrected chi connectivity index (χ3v) is 9.43. The summed E-state index contributed by atoms with van der Waals surface area (Å²) < 4.78 is 59.1. The molecular formula is C32H34N4O6S2.